The topological polar surface area (TPSA) is 95.1 Å². The second kappa shape index (κ2) is 10.1. The molecule has 1 saturated heterocycles. The monoisotopic (exact) mass is 525 g/mol. The van der Waals surface area contributed by atoms with Gasteiger partial charge in [-0.1, -0.05) is 54.6 Å². The van der Waals surface area contributed by atoms with E-state index in [1.54, 1.807) is 12.0 Å². The molecule has 6 rings (SSSR count). The van der Waals surface area contributed by atoms with Crippen LogP contribution in [0.15, 0.2) is 72.8 Å². The van der Waals surface area contributed by atoms with Gasteiger partial charge >= 0.3 is 0 Å². The second-order valence-electron chi connectivity index (χ2n) is 9.97. The quantitative estimate of drug-likeness (QED) is 0.381. The van der Waals surface area contributed by atoms with Crippen molar-refractivity contribution in [3.63, 3.8) is 0 Å². The molecule has 8 nitrogen and oxygen atoms in total. The van der Waals surface area contributed by atoms with Gasteiger partial charge in [0.25, 0.3) is 0 Å². The fourth-order valence-electron chi connectivity index (χ4n) is 5.94. The van der Waals surface area contributed by atoms with E-state index in [1.165, 1.54) is 4.90 Å². The molecule has 0 spiro atoms. The zero-order valence-corrected chi connectivity index (χ0v) is 22.0. The lowest BCUT2D eigenvalue weighted by atomic mass is 9.86. The second-order valence-corrected chi connectivity index (χ2v) is 9.97. The highest BCUT2D eigenvalue weighted by molar-refractivity contribution is 5.97. The van der Waals surface area contributed by atoms with Gasteiger partial charge in [0.2, 0.25) is 11.8 Å². The Morgan fingerprint density at radius 1 is 1.03 bits per heavy atom. The summed E-state index contributed by atoms with van der Waals surface area (Å²) < 4.78 is 11.3. The van der Waals surface area contributed by atoms with Crippen molar-refractivity contribution in [1.29, 1.82) is 0 Å². The van der Waals surface area contributed by atoms with Crippen molar-refractivity contribution in [3.8, 4) is 11.5 Å². The van der Waals surface area contributed by atoms with E-state index in [4.69, 9.17) is 9.47 Å². The van der Waals surface area contributed by atoms with Crippen LogP contribution in [0.4, 0.5) is 0 Å². The van der Waals surface area contributed by atoms with Gasteiger partial charge in [-0.2, -0.15) is 0 Å². The minimum Gasteiger partial charge on any atom is -0.493 e. The van der Waals surface area contributed by atoms with Gasteiger partial charge in [0, 0.05) is 23.0 Å². The van der Waals surface area contributed by atoms with E-state index in [9.17, 15) is 14.7 Å². The van der Waals surface area contributed by atoms with Crippen LogP contribution >= 0.6 is 0 Å². The third-order valence-corrected chi connectivity index (χ3v) is 7.72. The first-order chi connectivity index (χ1) is 19.0. The largest absolute Gasteiger partial charge is 0.493 e. The van der Waals surface area contributed by atoms with Crippen LogP contribution in [0.25, 0.3) is 10.9 Å². The van der Waals surface area contributed by atoms with E-state index in [0.29, 0.717) is 30.1 Å². The summed E-state index contributed by atoms with van der Waals surface area (Å²) in [6.45, 7) is 2.37. The maximum absolute atomic E-state index is 13.9. The van der Waals surface area contributed by atoms with Crippen molar-refractivity contribution in [2.45, 2.75) is 31.5 Å². The maximum atomic E-state index is 13.9. The van der Waals surface area contributed by atoms with Gasteiger partial charge in [0.05, 0.1) is 39.0 Å². The van der Waals surface area contributed by atoms with Crippen LogP contribution in [-0.4, -0.2) is 64.6 Å². The number of β-amino-alcohol motifs (C(OH)–C–C–N with tert-alkyl or cyclic N) is 1. The molecule has 1 fully saturated rings. The number of nitrogens with zero attached hydrogens (tertiary/aromatic N) is 2. The Labute approximate surface area is 226 Å². The molecule has 200 valence electrons. The highest BCUT2D eigenvalue weighted by Crippen LogP contribution is 2.44. The number of piperazine rings is 1. The number of aliphatic hydroxyl groups excluding tert-OH is 1. The third kappa shape index (κ3) is 4.30. The Morgan fingerprint density at radius 3 is 2.56 bits per heavy atom. The van der Waals surface area contributed by atoms with Gasteiger partial charge in [-0.05, 0) is 41.8 Å². The Morgan fingerprint density at radius 2 is 1.79 bits per heavy atom. The Kier molecular flexibility index (Phi) is 6.48. The molecule has 3 aromatic carbocycles. The first-order valence-corrected chi connectivity index (χ1v) is 13.2. The highest BCUT2D eigenvalue weighted by Gasteiger charge is 2.48. The number of H-pyrrole nitrogens is 1. The summed E-state index contributed by atoms with van der Waals surface area (Å²) in [5.74, 6) is 0.859. The molecule has 2 aliphatic rings. The first kappa shape index (κ1) is 25.0. The molecule has 3 heterocycles. The molecule has 0 aliphatic carbocycles. The van der Waals surface area contributed by atoms with Gasteiger partial charge < -0.3 is 29.4 Å². The van der Waals surface area contributed by atoms with Crippen LogP contribution in [0.3, 0.4) is 0 Å². The number of nitrogens with one attached hydrogen (secondary N) is 1. The van der Waals surface area contributed by atoms with E-state index >= 15 is 0 Å². The van der Waals surface area contributed by atoms with Crippen LogP contribution < -0.4 is 9.47 Å². The number of benzene rings is 3. The summed E-state index contributed by atoms with van der Waals surface area (Å²) in [6, 6.07) is 21.7. The Balaban J connectivity index is 1.42. The molecule has 0 radical (unpaired) electrons. The number of methoxy groups -OCH3 is 1. The minimum absolute atomic E-state index is 0.0568. The highest BCUT2D eigenvalue weighted by atomic mass is 16.5. The van der Waals surface area contributed by atoms with Gasteiger partial charge in [-0.3, -0.25) is 9.59 Å². The molecule has 0 saturated carbocycles. The van der Waals surface area contributed by atoms with Crippen molar-refractivity contribution in [2.75, 3.05) is 26.8 Å². The lowest BCUT2D eigenvalue weighted by molar-refractivity contribution is -0.159. The standard InChI is InChI=1S/C31H31N3O5/c1-3-39-26-14-13-20(15-27(26)38-2)30-29-22(21-11-7-8-12-23(21)32-29)16-24-31(37)33(18-28(36)34(24)30)17-25(35)19-9-5-4-6-10-19/h4-15,24-25,30,32,35H,3,16-18H2,1-2H3. The van der Waals surface area contributed by atoms with E-state index < -0.39 is 18.2 Å². The van der Waals surface area contributed by atoms with Crippen molar-refractivity contribution in [2.24, 2.45) is 0 Å². The minimum atomic E-state index is -0.882. The molecule has 39 heavy (non-hydrogen) atoms. The Hall–Kier alpha value is -4.30. The number of ether oxygens (including phenoxy) is 2. The van der Waals surface area contributed by atoms with Crippen LogP contribution in [0.2, 0.25) is 0 Å². The molecule has 1 aromatic heterocycles. The smallest absolute Gasteiger partial charge is 0.246 e. The average Bonchev–Trinajstić information content (AvgIpc) is 3.34. The third-order valence-electron chi connectivity index (χ3n) is 7.72. The van der Waals surface area contributed by atoms with Crippen LogP contribution in [0, 0.1) is 0 Å². The molecule has 4 aromatic rings. The number of hydrogen-bond acceptors (Lipinski definition) is 5. The predicted molar refractivity (Wildman–Crippen MR) is 147 cm³/mol. The molecule has 2 N–H and O–H groups in total. The molecular weight excluding hydrogens is 494 g/mol. The summed E-state index contributed by atoms with van der Waals surface area (Å²) in [5.41, 5.74) is 4.42. The Bertz CT molecular complexity index is 1530. The number of amides is 2. The van der Waals surface area contributed by atoms with Crippen LogP contribution in [0.1, 0.15) is 41.5 Å². The van der Waals surface area contributed by atoms with Gasteiger partial charge in [-0.15, -0.1) is 0 Å². The fraction of sp³-hybridized carbons (Fsp3) is 0.290. The molecule has 8 heteroatoms. The molecular formula is C31H31N3O5. The maximum Gasteiger partial charge on any atom is 0.246 e. The lowest BCUT2D eigenvalue weighted by Crippen LogP contribution is -2.63. The van der Waals surface area contributed by atoms with E-state index in [0.717, 1.165) is 27.7 Å². The van der Waals surface area contributed by atoms with Crippen molar-refractivity contribution >= 4 is 22.7 Å². The summed E-state index contributed by atoms with van der Waals surface area (Å²) in [7, 11) is 1.59. The van der Waals surface area contributed by atoms with Crippen molar-refractivity contribution in [3.05, 3.63) is 95.2 Å². The fourth-order valence-corrected chi connectivity index (χ4v) is 5.94. The summed E-state index contributed by atoms with van der Waals surface area (Å²) >= 11 is 0. The van der Waals surface area contributed by atoms with Crippen LogP contribution in [-0.2, 0) is 16.0 Å². The summed E-state index contributed by atoms with van der Waals surface area (Å²) in [6.07, 6.45) is -0.486. The summed E-state index contributed by atoms with van der Waals surface area (Å²) in [4.78, 5) is 34.5. The number of aromatic nitrogens is 1. The van der Waals surface area contributed by atoms with E-state index in [-0.39, 0.29) is 24.9 Å². The van der Waals surface area contributed by atoms with E-state index in [1.807, 2.05) is 79.7 Å². The number of carbonyl (C=O) groups excluding carboxylic acids is 2. The first-order valence-electron chi connectivity index (χ1n) is 13.2. The number of hydrogen-bond donors (Lipinski definition) is 2. The number of rotatable bonds is 7. The molecule has 0 bridgehead atoms. The lowest BCUT2D eigenvalue weighted by Gasteiger charge is -2.47. The zero-order valence-electron chi connectivity index (χ0n) is 22.0. The average molecular weight is 526 g/mol. The summed E-state index contributed by atoms with van der Waals surface area (Å²) in [5, 5.41) is 11.9. The number of carbonyl (C=O) groups is 2. The predicted octanol–water partition coefficient (Wildman–Crippen LogP) is 3.99. The molecule has 3 atom stereocenters. The normalized spacial score (nSPS) is 19.6. The SMILES string of the molecule is CCOc1ccc(C2c3[nH]c4ccccc4c3CC3C(=O)N(CC(O)c4ccccc4)CC(=O)N32)cc1OC. The van der Waals surface area contributed by atoms with Crippen LogP contribution in [0.5, 0.6) is 11.5 Å². The number of fused-ring (bicyclic) bond motifs is 4. The number of para-hydroxylation sites is 1. The number of aliphatic hydroxyl groups is 1. The van der Waals surface area contributed by atoms with Crippen molar-refractivity contribution in [1.82, 2.24) is 14.8 Å². The molecule has 2 aliphatic heterocycles. The molecule has 2 amide bonds. The molecule has 3 unspecified atom stereocenters. The van der Waals surface area contributed by atoms with Crippen molar-refractivity contribution < 1.29 is 24.2 Å². The van der Waals surface area contributed by atoms with Gasteiger partial charge in [-0.25, -0.2) is 0 Å². The van der Waals surface area contributed by atoms with Gasteiger partial charge in [0.1, 0.15) is 6.04 Å². The van der Waals surface area contributed by atoms with E-state index in [2.05, 4.69) is 4.98 Å². The van der Waals surface area contributed by atoms with Gasteiger partial charge in [0.15, 0.2) is 11.5 Å². The number of aromatic amines is 1. The zero-order chi connectivity index (χ0) is 27.1.